The summed E-state index contributed by atoms with van der Waals surface area (Å²) in [5.41, 5.74) is 4.07. The second kappa shape index (κ2) is 14.5. The predicted octanol–water partition coefficient (Wildman–Crippen LogP) is 6.16. The number of halogens is 3. The van der Waals surface area contributed by atoms with Gasteiger partial charge >= 0.3 is 0 Å². The molecule has 0 saturated carbocycles. The van der Waals surface area contributed by atoms with Crippen LogP contribution >= 0.6 is 23.2 Å². The zero-order valence-electron chi connectivity index (χ0n) is 21.8. The van der Waals surface area contributed by atoms with E-state index in [1.165, 1.54) is 24.4 Å². The van der Waals surface area contributed by atoms with E-state index in [9.17, 15) is 14.0 Å². The van der Waals surface area contributed by atoms with Crippen molar-refractivity contribution in [3.05, 3.63) is 93.7 Å². The summed E-state index contributed by atoms with van der Waals surface area (Å²) < 4.78 is 24.4. The van der Waals surface area contributed by atoms with Gasteiger partial charge in [-0.15, -0.1) is 0 Å². The van der Waals surface area contributed by atoms with Crippen LogP contribution < -0.4 is 20.2 Å². The fourth-order valence-corrected chi connectivity index (χ4v) is 3.91. The predicted molar refractivity (Wildman–Crippen MR) is 151 cm³/mol. The van der Waals surface area contributed by atoms with Gasteiger partial charge in [0.15, 0.2) is 6.10 Å². The number of nitrogens with zero attached hydrogens (tertiary/aromatic N) is 1. The Balaban J connectivity index is 1.52. The van der Waals surface area contributed by atoms with Crippen molar-refractivity contribution in [2.45, 2.75) is 45.9 Å². The van der Waals surface area contributed by atoms with Crippen molar-refractivity contribution < 1.29 is 23.5 Å². The summed E-state index contributed by atoms with van der Waals surface area (Å²) in [5, 5.41) is 7.48. The van der Waals surface area contributed by atoms with Crippen LogP contribution in [-0.4, -0.2) is 30.2 Å². The van der Waals surface area contributed by atoms with Crippen molar-refractivity contribution in [3.63, 3.8) is 0 Å². The van der Waals surface area contributed by atoms with Crippen molar-refractivity contribution in [2.24, 2.45) is 11.0 Å². The minimum absolute atomic E-state index is 0.134. The SMILES string of the molecule is CC(C)C[C@H](NC(=O)[C@H](C)Oc1ccc(Cl)cc1Cl)C(=O)N/N=C\c1ccc(OCc2ccc(F)cc2)cc1. The Bertz CT molecular complexity index is 1280. The first kappa shape index (κ1) is 29.9. The molecular weight excluding hydrogens is 544 g/mol. The Hall–Kier alpha value is -3.62. The smallest absolute Gasteiger partial charge is 0.262 e. The Morgan fingerprint density at radius 3 is 2.31 bits per heavy atom. The largest absolute Gasteiger partial charge is 0.489 e. The molecule has 0 radical (unpaired) electrons. The van der Waals surface area contributed by atoms with Gasteiger partial charge in [0.25, 0.3) is 11.8 Å². The molecule has 2 atom stereocenters. The van der Waals surface area contributed by atoms with Gasteiger partial charge in [-0.1, -0.05) is 49.2 Å². The summed E-state index contributed by atoms with van der Waals surface area (Å²) in [4.78, 5) is 25.6. The van der Waals surface area contributed by atoms with Crippen molar-refractivity contribution in [3.8, 4) is 11.5 Å². The molecule has 0 bridgehead atoms. The van der Waals surface area contributed by atoms with E-state index in [1.807, 2.05) is 13.8 Å². The van der Waals surface area contributed by atoms with Gasteiger partial charge in [0.2, 0.25) is 0 Å². The van der Waals surface area contributed by atoms with Gasteiger partial charge in [-0.3, -0.25) is 9.59 Å². The third-order valence-corrected chi connectivity index (χ3v) is 6.02. The normalized spacial score (nSPS) is 12.7. The summed E-state index contributed by atoms with van der Waals surface area (Å²) in [6.07, 6.45) is 0.990. The molecule has 2 N–H and O–H groups in total. The summed E-state index contributed by atoms with van der Waals surface area (Å²) >= 11 is 12.0. The van der Waals surface area contributed by atoms with E-state index in [1.54, 1.807) is 55.5 Å². The first-order valence-electron chi connectivity index (χ1n) is 12.3. The maximum absolute atomic E-state index is 13.0. The molecule has 0 heterocycles. The molecule has 0 aliphatic carbocycles. The van der Waals surface area contributed by atoms with Crippen LogP contribution in [0, 0.1) is 11.7 Å². The van der Waals surface area contributed by atoms with Crippen LogP contribution in [0.2, 0.25) is 10.0 Å². The Morgan fingerprint density at radius 1 is 0.974 bits per heavy atom. The van der Waals surface area contributed by atoms with Crippen molar-refractivity contribution in [1.29, 1.82) is 0 Å². The highest BCUT2D eigenvalue weighted by molar-refractivity contribution is 6.35. The first-order valence-corrected chi connectivity index (χ1v) is 13.1. The van der Waals surface area contributed by atoms with Gasteiger partial charge in [-0.25, -0.2) is 9.82 Å². The van der Waals surface area contributed by atoms with Crippen LogP contribution in [0.15, 0.2) is 71.8 Å². The fourth-order valence-electron chi connectivity index (χ4n) is 3.45. The zero-order valence-corrected chi connectivity index (χ0v) is 23.3. The number of ether oxygens (including phenoxy) is 2. The van der Waals surface area contributed by atoms with Gasteiger partial charge < -0.3 is 14.8 Å². The molecule has 7 nitrogen and oxygen atoms in total. The first-order chi connectivity index (χ1) is 18.6. The topological polar surface area (TPSA) is 89.0 Å². The molecule has 0 aromatic heterocycles. The number of rotatable bonds is 12. The van der Waals surface area contributed by atoms with E-state index >= 15 is 0 Å². The van der Waals surface area contributed by atoms with Gasteiger partial charge in [0.1, 0.15) is 30.0 Å². The lowest BCUT2D eigenvalue weighted by atomic mass is 10.0. The molecule has 0 spiro atoms. The lowest BCUT2D eigenvalue weighted by molar-refractivity contribution is -0.132. The molecule has 0 aliphatic heterocycles. The highest BCUT2D eigenvalue weighted by atomic mass is 35.5. The van der Waals surface area contributed by atoms with Crippen molar-refractivity contribution in [2.75, 3.05) is 0 Å². The van der Waals surface area contributed by atoms with E-state index in [0.29, 0.717) is 29.5 Å². The highest BCUT2D eigenvalue weighted by Gasteiger charge is 2.25. The van der Waals surface area contributed by atoms with Crippen LogP contribution in [-0.2, 0) is 16.2 Å². The minimum atomic E-state index is -0.904. The molecule has 3 aromatic rings. The number of carbonyl (C=O) groups excluding carboxylic acids is 2. The fraction of sp³-hybridized carbons (Fsp3) is 0.276. The lowest BCUT2D eigenvalue weighted by Crippen LogP contribution is -2.49. The summed E-state index contributed by atoms with van der Waals surface area (Å²) in [6.45, 7) is 5.77. The number of hydrogen-bond donors (Lipinski definition) is 2. The minimum Gasteiger partial charge on any atom is -0.489 e. The maximum atomic E-state index is 13.0. The van der Waals surface area contributed by atoms with Crippen LogP contribution in [0.25, 0.3) is 0 Å². The molecule has 0 unspecified atom stereocenters. The Kier molecular flexibility index (Phi) is 11.1. The quantitative estimate of drug-likeness (QED) is 0.200. The third kappa shape index (κ3) is 9.89. The lowest BCUT2D eigenvalue weighted by Gasteiger charge is -2.22. The van der Waals surface area contributed by atoms with Gasteiger partial charge in [0.05, 0.1) is 11.2 Å². The van der Waals surface area contributed by atoms with Crippen LogP contribution in [0.3, 0.4) is 0 Å². The van der Waals surface area contributed by atoms with E-state index in [2.05, 4.69) is 15.8 Å². The maximum Gasteiger partial charge on any atom is 0.262 e. The van der Waals surface area contributed by atoms with Crippen LogP contribution in [0.1, 0.15) is 38.3 Å². The van der Waals surface area contributed by atoms with Crippen molar-refractivity contribution in [1.82, 2.24) is 10.7 Å². The van der Waals surface area contributed by atoms with Crippen LogP contribution in [0.5, 0.6) is 11.5 Å². The second-order valence-corrected chi connectivity index (χ2v) is 10.1. The molecule has 0 fully saturated rings. The molecule has 206 valence electrons. The number of amides is 2. The number of carbonyl (C=O) groups is 2. The van der Waals surface area contributed by atoms with Gasteiger partial charge in [0, 0.05) is 5.02 Å². The standard InChI is InChI=1S/C29H30Cl2FN3O4/c1-18(2)14-26(34-28(36)19(3)39-27-13-8-22(30)15-25(27)31)29(37)35-33-16-20-6-11-24(12-7-20)38-17-21-4-9-23(32)10-5-21/h4-13,15-16,18-19,26H,14,17H2,1-3H3,(H,34,36)(H,35,37)/b33-16-/t19-,26-/m0/s1. The van der Waals surface area contributed by atoms with E-state index in [4.69, 9.17) is 32.7 Å². The summed E-state index contributed by atoms with van der Waals surface area (Å²) in [6, 6.07) is 17.1. The van der Waals surface area contributed by atoms with E-state index < -0.39 is 24.0 Å². The van der Waals surface area contributed by atoms with E-state index in [-0.39, 0.29) is 16.8 Å². The molecule has 3 rings (SSSR count). The molecule has 3 aromatic carbocycles. The third-order valence-electron chi connectivity index (χ3n) is 5.49. The number of nitrogens with one attached hydrogen (secondary N) is 2. The van der Waals surface area contributed by atoms with Crippen molar-refractivity contribution >= 4 is 41.2 Å². The molecule has 10 heteroatoms. The zero-order chi connectivity index (χ0) is 28.4. The molecular formula is C29H30Cl2FN3O4. The van der Waals surface area contributed by atoms with E-state index in [0.717, 1.165) is 11.1 Å². The summed E-state index contributed by atoms with van der Waals surface area (Å²) in [7, 11) is 0. The highest BCUT2D eigenvalue weighted by Crippen LogP contribution is 2.28. The average Bonchev–Trinajstić information content (AvgIpc) is 2.90. The van der Waals surface area contributed by atoms with Crippen LogP contribution in [0.4, 0.5) is 4.39 Å². The number of hydrogen-bond acceptors (Lipinski definition) is 5. The monoisotopic (exact) mass is 573 g/mol. The summed E-state index contributed by atoms with van der Waals surface area (Å²) in [5.74, 6) is -0.141. The molecule has 39 heavy (non-hydrogen) atoms. The second-order valence-electron chi connectivity index (χ2n) is 9.24. The van der Waals surface area contributed by atoms with Gasteiger partial charge in [-0.2, -0.15) is 5.10 Å². The molecule has 2 amide bonds. The van der Waals surface area contributed by atoms with Gasteiger partial charge in [-0.05, 0) is 85.0 Å². The number of benzene rings is 3. The molecule has 0 aliphatic rings. The molecule has 0 saturated heterocycles. The average molecular weight is 574 g/mol. The Labute approximate surface area is 237 Å². The Morgan fingerprint density at radius 2 is 1.67 bits per heavy atom. The number of hydrazone groups is 1.